The summed E-state index contributed by atoms with van der Waals surface area (Å²) in [7, 11) is 1.64. The van der Waals surface area contributed by atoms with E-state index >= 15 is 0 Å². The Hall–Kier alpha value is -2.83. The number of aromatic nitrogens is 6. The molecule has 2 aromatic heterocycles. The Morgan fingerprint density at radius 3 is 2.36 bits per heavy atom. The van der Waals surface area contributed by atoms with Crippen LogP contribution in [0.25, 0.3) is 27.2 Å². The molecule has 4 rings (SSSR count). The molecule has 0 bridgehead atoms. The van der Waals surface area contributed by atoms with Crippen molar-refractivity contribution in [1.82, 2.24) is 29.4 Å². The molecule has 0 saturated heterocycles. The third kappa shape index (κ3) is 3.09. The molecule has 7 nitrogen and oxygen atoms in total. The van der Waals surface area contributed by atoms with Gasteiger partial charge in [-0.05, 0) is 0 Å². The number of methoxy groups -OCH3 is 1. The Balaban J connectivity index is 1.69. The first-order chi connectivity index (χ1) is 12.2. The number of hydrogen-bond donors (Lipinski definition) is 0. The number of nitrogens with zero attached hydrogens (tertiary/aromatic N) is 6. The summed E-state index contributed by atoms with van der Waals surface area (Å²) < 4.78 is 10.3. The molecule has 0 fully saturated rings. The summed E-state index contributed by atoms with van der Waals surface area (Å²) in [5, 5.41) is 17.2. The van der Waals surface area contributed by atoms with Crippen LogP contribution in [-0.4, -0.2) is 51.2 Å². The molecule has 0 aliphatic rings. The predicted molar refractivity (Wildman–Crippen MR) is 93.8 cm³/mol. The second-order valence-electron chi connectivity index (χ2n) is 5.42. The van der Waals surface area contributed by atoms with Gasteiger partial charge in [0.25, 0.3) is 0 Å². The SMILES string of the molecule is COc1ccc(-c2nn[se]c2-n2nnc(-c3ccc(C)cc3)n2)cc1. The molecule has 0 spiro atoms. The zero-order chi connectivity index (χ0) is 17.2. The molecule has 124 valence electrons. The first kappa shape index (κ1) is 15.7. The molecule has 0 radical (unpaired) electrons. The molecular weight excluding hydrogens is 383 g/mol. The molecule has 2 aromatic carbocycles. The molecule has 0 aliphatic carbocycles. The number of aryl methyl sites for hydroxylation is 1. The van der Waals surface area contributed by atoms with Crippen molar-refractivity contribution < 1.29 is 4.74 Å². The summed E-state index contributed by atoms with van der Waals surface area (Å²) in [5.41, 5.74) is 3.85. The van der Waals surface area contributed by atoms with Crippen LogP contribution < -0.4 is 4.74 Å². The van der Waals surface area contributed by atoms with Crippen molar-refractivity contribution in [3.63, 3.8) is 0 Å². The van der Waals surface area contributed by atoms with Gasteiger partial charge in [0.05, 0.1) is 0 Å². The number of ether oxygens (including phenoxy) is 1. The van der Waals surface area contributed by atoms with Gasteiger partial charge in [-0.3, -0.25) is 0 Å². The first-order valence-corrected chi connectivity index (χ1v) is 9.21. The van der Waals surface area contributed by atoms with E-state index in [4.69, 9.17) is 4.74 Å². The minimum absolute atomic E-state index is 0.180. The van der Waals surface area contributed by atoms with Crippen molar-refractivity contribution in [2.45, 2.75) is 6.92 Å². The third-order valence-corrected chi connectivity index (χ3v) is 5.19. The predicted octanol–water partition coefficient (Wildman–Crippen LogP) is 2.16. The number of tetrazole rings is 1. The summed E-state index contributed by atoms with van der Waals surface area (Å²) in [5.74, 6) is 1.39. The number of hydrogen-bond acceptors (Lipinski definition) is 6. The minimum atomic E-state index is -0.180. The van der Waals surface area contributed by atoms with Crippen LogP contribution in [0.15, 0.2) is 48.5 Å². The van der Waals surface area contributed by atoms with Crippen LogP contribution in [0.5, 0.6) is 5.75 Å². The van der Waals surface area contributed by atoms with Gasteiger partial charge in [0.2, 0.25) is 0 Å². The normalized spacial score (nSPS) is 10.8. The second-order valence-corrected chi connectivity index (χ2v) is 6.96. The maximum absolute atomic E-state index is 5.20. The Bertz CT molecular complexity index is 991. The van der Waals surface area contributed by atoms with E-state index in [1.807, 2.05) is 55.5 Å². The summed E-state index contributed by atoms with van der Waals surface area (Å²) in [6, 6.07) is 15.7. The molecule has 2 heterocycles. The van der Waals surface area contributed by atoms with Gasteiger partial charge in [0, 0.05) is 0 Å². The summed E-state index contributed by atoms with van der Waals surface area (Å²) in [4.78, 5) is 1.54. The van der Waals surface area contributed by atoms with Crippen molar-refractivity contribution in [2.24, 2.45) is 0 Å². The summed E-state index contributed by atoms with van der Waals surface area (Å²) in [6.45, 7) is 2.05. The van der Waals surface area contributed by atoms with Crippen molar-refractivity contribution in [3.05, 3.63) is 54.1 Å². The Morgan fingerprint density at radius 1 is 0.920 bits per heavy atom. The van der Waals surface area contributed by atoms with Crippen molar-refractivity contribution in [1.29, 1.82) is 0 Å². The number of rotatable bonds is 4. The molecule has 0 saturated carbocycles. The Morgan fingerprint density at radius 2 is 1.64 bits per heavy atom. The van der Waals surface area contributed by atoms with E-state index in [1.165, 1.54) is 10.4 Å². The van der Waals surface area contributed by atoms with Crippen LogP contribution >= 0.6 is 0 Å². The van der Waals surface area contributed by atoms with E-state index in [0.717, 1.165) is 27.1 Å². The zero-order valence-electron chi connectivity index (χ0n) is 13.6. The molecule has 25 heavy (non-hydrogen) atoms. The average Bonchev–Trinajstić information content (AvgIpc) is 3.31. The molecule has 0 amide bonds. The fraction of sp³-hybridized carbons (Fsp3) is 0.118. The van der Waals surface area contributed by atoms with Gasteiger partial charge in [-0.15, -0.1) is 0 Å². The van der Waals surface area contributed by atoms with E-state index < -0.39 is 0 Å². The second kappa shape index (κ2) is 6.58. The van der Waals surface area contributed by atoms with E-state index in [2.05, 4.69) is 24.6 Å². The molecule has 4 aromatic rings. The molecule has 8 heteroatoms. The van der Waals surface area contributed by atoms with Gasteiger partial charge < -0.3 is 0 Å². The van der Waals surface area contributed by atoms with Crippen LogP contribution in [0.3, 0.4) is 0 Å². The van der Waals surface area contributed by atoms with Crippen LogP contribution in [0, 0.1) is 6.92 Å². The fourth-order valence-corrected chi connectivity index (χ4v) is 3.61. The average molecular weight is 397 g/mol. The Labute approximate surface area is 150 Å². The number of benzene rings is 2. The van der Waals surface area contributed by atoms with Gasteiger partial charge in [-0.1, -0.05) is 0 Å². The molecule has 0 N–H and O–H groups in total. The fourth-order valence-electron chi connectivity index (χ4n) is 2.37. The molecule has 0 unspecified atom stereocenters. The van der Waals surface area contributed by atoms with E-state index in [-0.39, 0.29) is 14.7 Å². The molecular formula is C17H14N6OSe. The van der Waals surface area contributed by atoms with E-state index in [0.29, 0.717) is 5.82 Å². The maximum atomic E-state index is 5.20. The van der Waals surface area contributed by atoms with Gasteiger partial charge in [0.15, 0.2) is 0 Å². The van der Waals surface area contributed by atoms with Crippen molar-refractivity contribution in [2.75, 3.05) is 7.11 Å². The summed E-state index contributed by atoms with van der Waals surface area (Å²) in [6.07, 6.45) is 0. The van der Waals surface area contributed by atoms with Crippen molar-refractivity contribution >= 4 is 14.7 Å². The van der Waals surface area contributed by atoms with E-state index in [1.54, 1.807) is 7.11 Å². The monoisotopic (exact) mass is 398 g/mol. The third-order valence-electron chi connectivity index (χ3n) is 3.74. The van der Waals surface area contributed by atoms with E-state index in [9.17, 15) is 0 Å². The van der Waals surface area contributed by atoms with Gasteiger partial charge in [0.1, 0.15) is 0 Å². The topological polar surface area (TPSA) is 78.6 Å². The van der Waals surface area contributed by atoms with Crippen LogP contribution in [0.4, 0.5) is 0 Å². The first-order valence-electron chi connectivity index (χ1n) is 7.59. The summed E-state index contributed by atoms with van der Waals surface area (Å²) >= 11 is -0.180. The van der Waals surface area contributed by atoms with Crippen LogP contribution in [-0.2, 0) is 0 Å². The standard InChI is InChI=1S/C17H14N6OSe/c1-11-3-5-13(6-4-11)16-19-21-23(20-16)17-15(18-22-25-17)12-7-9-14(24-2)10-8-12/h3-10H,1-2H3. The zero-order valence-corrected chi connectivity index (χ0v) is 15.3. The van der Waals surface area contributed by atoms with Gasteiger partial charge in [-0.25, -0.2) is 0 Å². The molecule has 0 atom stereocenters. The van der Waals surface area contributed by atoms with Gasteiger partial charge in [-0.2, -0.15) is 0 Å². The van der Waals surface area contributed by atoms with Crippen LogP contribution in [0.1, 0.15) is 5.56 Å². The van der Waals surface area contributed by atoms with Crippen molar-refractivity contribution in [3.8, 4) is 33.0 Å². The quantitative estimate of drug-likeness (QED) is 0.491. The van der Waals surface area contributed by atoms with Gasteiger partial charge >= 0.3 is 150 Å². The Kier molecular flexibility index (Phi) is 4.13. The van der Waals surface area contributed by atoms with Crippen LogP contribution in [0.2, 0.25) is 0 Å². The molecule has 0 aliphatic heterocycles.